The zero-order chi connectivity index (χ0) is 19.3. The van der Waals surface area contributed by atoms with Crippen LogP contribution in [-0.4, -0.2) is 49.4 Å². The van der Waals surface area contributed by atoms with Gasteiger partial charge >= 0.3 is 6.03 Å². The Bertz CT molecular complexity index is 698. The minimum Gasteiger partial charge on any atom is -0.379 e. The van der Waals surface area contributed by atoms with E-state index in [1.165, 1.54) is 17.5 Å². The Kier molecular flexibility index (Phi) is 9.40. The van der Waals surface area contributed by atoms with Crippen LogP contribution in [0.2, 0.25) is 0 Å². The number of carbonyl (C=O) groups is 2. The molecule has 0 saturated carbocycles. The number of hydrogen-bond acceptors (Lipinski definition) is 5. The zero-order valence-electron chi connectivity index (χ0n) is 15.4. The van der Waals surface area contributed by atoms with Gasteiger partial charge in [0.15, 0.2) is 0 Å². The molecule has 0 aliphatic heterocycles. The molecule has 0 radical (unpaired) electrons. The minimum absolute atomic E-state index is 0.425. The molecule has 0 spiro atoms. The smallest absolute Gasteiger partial charge is 0.331 e. The fraction of sp³-hybridized carbons (Fsp3) is 0.300. The van der Waals surface area contributed by atoms with Crippen molar-refractivity contribution in [1.29, 1.82) is 0 Å². The van der Waals surface area contributed by atoms with Crippen LogP contribution in [0.15, 0.2) is 60.7 Å². The molecule has 0 aliphatic rings. The van der Waals surface area contributed by atoms with Crippen molar-refractivity contribution >= 4 is 23.9 Å². The molecule has 3 amide bonds. The van der Waals surface area contributed by atoms with Crippen molar-refractivity contribution < 1.29 is 14.3 Å². The van der Waals surface area contributed by atoms with Crippen LogP contribution >= 0.6 is 11.9 Å². The molecular formula is C20H25N3O3S. The Balaban J connectivity index is 1.48. The first-order valence-corrected chi connectivity index (χ1v) is 9.72. The summed E-state index contributed by atoms with van der Waals surface area (Å²) in [5.41, 5.74) is 1.72. The van der Waals surface area contributed by atoms with Gasteiger partial charge in [0.1, 0.15) is 0 Å². The van der Waals surface area contributed by atoms with E-state index in [2.05, 4.69) is 34.1 Å². The molecule has 7 heteroatoms. The number of carbonyl (C=O) groups excluding carboxylic acids is 2. The summed E-state index contributed by atoms with van der Waals surface area (Å²) < 4.78 is 8.14. The molecule has 0 aromatic heterocycles. The largest absolute Gasteiger partial charge is 0.379 e. The summed E-state index contributed by atoms with van der Waals surface area (Å²) in [5, 5.41) is 2.28. The maximum Gasteiger partial charge on any atom is 0.331 e. The fourth-order valence-corrected chi connectivity index (χ4v) is 2.79. The van der Waals surface area contributed by atoms with Gasteiger partial charge in [0.05, 0.1) is 13.2 Å². The molecule has 2 aromatic carbocycles. The van der Waals surface area contributed by atoms with Crippen molar-refractivity contribution in [2.24, 2.45) is 0 Å². The van der Waals surface area contributed by atoms with Gasteiger partial charge in [0, 0.05) is 24.4 Å². The second kappa shape index (κ2) is 12.1. The number of urea groups is 1. The second-order valence-electron chi connectivity index (χ2n) is 5.94. The number of ether oxygens (including phenoxy) is 1. The first-order chi connectivity index (χ1) is 13.1. The molecule has 0 unspecified atom stereocenters. The van der Waals surface area contributed by atoms with Crippen LogP contribution in [0.4, 0.5) is 4.79 Å². The number of hydrogen-bond donors (Lipinski definition) is 2. The molecule has 6 nitrogen and oxygen atoms in total. The molecule has 0 saturated heterocycles. The Morgan fingerprint density at radius 1 is 1.00 bits per heavy atom. The summed E-state index contributed by atoms with van der Waals surface area (Å²) >= 11 is 1.21. The third-order valence-corrected chi connectivity index (χ3v) is 4.37. The number of benzene rings is 2. The van der Waals surface area contributed by atoms with E-state index in [9.17, 15) is 9.59 Å². The second-order valence-corrected chi connectivity index (χ2v) is 6.84. The topological polar surface area (TPSA) is 70.7 Å². The fourth-order valence-electron chi connectivity index (χ4n) is 2.30. The van der Waals surface area contributed by atoms with Crippen molar-refractivity contribution in [1.82, 2.24) is 14.9 Å². The molecule has 0 heterocycles. The average molecular weight is 388 g/mol. The number of likely N-dealkylation sites (N-methyl/N-ethyl adjacent to an activating group) is 1. The van der Waals surface area contributed by atoms with Crippen LogP contribution in [0.25, 0.3) is 0 Å². The van der Waals surface area contributed by atoms with E-state index in [4.69, 9.17) is 4.74 Å². The first-order valence-electron chi connectivity index (χ1n) is 8.73. The van der Waals surface area contributed by atoms with Gasteiger partial charge in [-0.25, -0.2) is 4.79 Å². The Morgan fingerprint density at radius 3 is 2.37 bits per heavy atom. The highest BCUT2D eigenvalue weighted by atomic mass is 32.2. The molecule has 0 bridgehead atoms. The monoisotopic (exact) mass is 387 g/mol. The summed E-state index contributed by atoms with van der Waals surface area (Å²) in [6, 6.07) is 18.4. The maximum atomic E-state index is 11.8. The van der Waals surface area contributed by atoms with Crippen molar-refractivity contribution in [2.75, 3.05) is 32.6 Å². The Morgan fingerprint density at radius 2 is 1.67 bits per heavy atom. The van der Waals surface area contributed by atoms with Gasteiger partial charge in [-0.05, 0) is 36.7 Å². The highest BCUT2D eigenvalue weighted by molar-refractivity contribution is 7.97. The summed E-state index contributed by atoms with van der Waals surface area (Å²) in [6.45, 7) is 2.87. The lowest BCUT2D eigenvalue weighted by Crippen LogP contribution is -2.36. The number of imide groups is 1. The van der Waals surface area contributed by atoms with E-state index >= 15 is 0 Å². The van der Waals surface area contributed by atoms with Crippen LogP contribution < -0.4 is 10.0 Å². The van der Waals surface area contributed by atoms with Gasteiger partial charge in [-0.15, -0.1) is 0 Å². The first kappa shape index (κ1) is 21.0. The van der Waals surface area contributed by atoms with E-state index in [0.717, 1.165) is 13.1 Å². The summed E-state index contributed by atoms with van der Waals surface area (Å²) in [4.78, 5) is 25.7. The van der Waals surface area contributed by atoms with E-state index in [0.29, 0.717) is 24.5 Å². The van der Waals surface area contributed by atoms with Gasteiger partial charge in [-0.2, -0.15) is 0 Å². The van der Waals surface area contributed by atoms with Crippen LogP contribution in [-0.2, 0) is 11.3 Å². The van der Waals surface area contributed by atoms with E-state index in [-0.39, 0.29) is 0 Å². The summed E-state index contributed by atoms with van der Waals surface area (Å²) in [7, 11) is 2.06. The number of nitrogens with one attached hydrogen (secondary N) is 2. The number of amides is 3. The van der Waals surface area contributed by atoms with Gasteiger partial charge in [-0.3, -0.25) is 19.7 Å². The Hall–Kier alpha value is -2.35. The normalized spacial score (nSPS) is 10.6. The van der Waals surface area contributed by atoms with Gasteiger partial charge in [-0.1, -0.05) is 48.5 Å². The van der Waals surface area contributed by atoms with Crippen LogP contribution in [0.5, 0.6) is 0 Å². The van der Waals surface area contributed by atoms with Crippen molar-refractivity contribution in [2.45, 2.75) is 6.54 Å². The molecular weight excluding hydrogens is 362 g/mol. The highest BCUT2D eigenvalue weighted by Gasteiger charge is 2.09. The van der Waals surface area contributed by atoms with Gasteiger partial charge in [0.25, 0.3) is 5.91 Å². The van der Waals surface area contributed by atoms with Crippen LogP contribution in [0.3, 0.4) is 0 Å². The number of rotatable bonds is 10. The molecule has 27 heavy (non-hydrogen) atoms. The third-order valence-electron chi connectivity index (χ3n) is 3.67. The molecule has 0 atom stereocenters. The molecule has 0 aliphatic carbocycles. The van der Waals surface area contributed by atoms with Crippen molar-refractivity contribution in [3.05, 3.63) is 71.8 Å². The van der Waals surface area contributed by atoms with Gasteiger partial charge < -0.3 is 4.74 Å². The molecule has 2 aromatic rings. The molecule has 144 valence electrons. The predicted molar refractivity (Wildman–Crippen MR) is 108 cm³/mol. The van der Waals surface area contributed by atoms with E-state index in [1.807, 2.05) is 24.3 Å². The van der Waals surface area contributed by atoms with E-state index in [1.54, 1.807) is 24.3 Å². The molecule has 0 fully saturated rings. The SMILES string of the molecule is CN(CCOCCSNC(=O)NC(=O)c1ccccc1)Cc1ccccc1. The zero-order valence-corrected chi connectivity index (χ0v) is 16.2. The predicted octanol–water partition coefficient (Wildman–Crippen LogP) is 2.92. The quantitative estimate of drug-likeness (QED) is 0.485. The lowest BCUT2D eigenvalue weighted by Gasteiger charge is -2.16. The maximum absolute atomic E-state index is 11.8. The summed E-state index contributed by atoms with van der Waals surface area (Å²) in [6.07, 6.45) is 0. The summed E-state index contributed by atoms with van der Waals surface area (Å²) in [5.74, 6) is 0.182. The van der Waals surface area contributed by atoms with Crippen LogP contribution in [0, 0.1) is 0 Å². The molecule has 2 rings (SSSR count). The standard InChI is InChI=1S/C20H25N3O3S/c1-23(16-17-8-4-2-5-9-17)12-13-26-14-15-27-22-20(25)21-19(24)18-10-6-3-7-11-18/h2-11H,12-16H2,1H3,(H2,21,22,24,25). The van der Waals surface area contributed by atoms with Crippen LogP contribution in [0.1, 0.15) is 15.9 Å². The third kappa shape index (κ3) is 8.72. The lowest BCUT2D eigenvalue weighted by atomic mass is 10.2. The minimum atomic E-state index is -0.531. The highest BCUT2D eigenvalue weighted by Crippen LogP contribution is 2.02. The van der Waals surface area contributed by atoms with Crippen molar-refractivity contribution in [3.8, 4) is 0 Å². The van der Waals surface area contributed by atoms with E-state index < -0.39 is 11.9 Å². The molecule has 2 N–H and O–H groups in total. The lowest BCUT2D eigenvalue weighted by molar-refractivity contribution is 0.0965. The Labute approximate surface area is 164 Å². The number of nitrogens with zero attached hydrogens (tertiary/aromatic N) is 1. The van der Waals surface area contributed by atoms with Crippen molar-refractivity contribution in [3.63, 3.8) is 0 Å². The van der Waals surface area contributed by atoms with Gasteiger partial charge in [0.2, 0.25) is 0 Å². The average Bonchev–Trinajstić information content (AvgIpc) is 2.68.